The van der Waals surface area contributed by atoms with Crippen molar-refractivity contribution in [2.45, 2.75) is 19.8 Å². The molecule has 1 N–H and O–H groups in total. The second-order valence-corrected chi connectivity index (χ2v) is 7.31. The predicted octanol–water partition coefficient (Wildman–Crippen LogP) is 5.10. The van der Waals surface area contributed by atoms with Crippen LogP contribution in [0.2, 0.25) is 0 Å². The van der Waals surface area contributed by atoms with Gasteiger partial charge in [0.25, 0.3) is 5.91 Å². The second-order valence-electron chi connectivity index (χ2n) is 6.45. The number of nitrogens with one attached hydrogen (secondary N) is 1. The highest BCUT2D eigenvalue weighted by molar-refractivity contribution is 7.14. The molecule has 0 aliphatic rings. The average molecular weight is 400 g/mol. The van der Waals surface area contributed by atoms with Gasteiger partial charge < -0.3 is 9.47 Å². The minimum Gasteiger partial charge on any atom is -0.494 e. The molecule has 0 aliphatic heterocycles. The summed E-state index contributed by atoms with van der Waals surface area (Å²) in [6.07, 6.45) is 0. The maximum absolute atomic E-state index is 13.8. The van der Waals surface area contributed by atoms with E-state index in [1.165, 1.54) is 30.1 Å². The molecular weight excluding hydrogens is 379 g/mol. The van der Waals surface area contributed by atoms with E-state index < -0.39 is 5.82 Å². The lowest BCUT2D eigenvalue weighted by molar-refractivity contribution is -0.118. The van der Waals surface area contributed by atoms with E-state index in [0.29, 0.717) is 28.1 Å². The van der Waals surface area contributed by atoms with Gasteiger partial charge in [0.2, 0.25) is 0 Å². The molecule has 146 valence electrons. The maximum Gasteiger partial charge on any atom is 0.264 e. The van der Waals surface area contributed by atoms with E-state index >= 15 is 0 Å². The fourth-order valence-corrected chi connectivity index (χ4v) is 3.28. The summed E-state index contributed by atoms with van der Waals surface area (Å²) in [6.45, 7) is 4.12. The highest BCUT2D eigenvalue weighted by Gasteiger charge is 2.11. The molecule has 0 radical (unpaired) electrons. The number of amides is 1. The predicted molar refractivity (Wildman–Crippen MR) is 109 cm³/mol. The van der Waals surface area contributed by atoms with E-state index in [9.17, 15) is 9.18 Å². The molecule has 3 aromatic rings. The summed E-state index contributed by atoms with van der Waals surface area (Å²) < 4.78 is 24.3. The van der Waals surface area contributed by atoms with E-state index in [-0.39, 0.29) is 18.3 Å². The van der Waals surface area contributed by atoms with Crippen molar-refractivity contribution in [1.82, 2.24) is 4.98 Å². The van der Waals surface area contributed by atoms with E-state index in [1.807, 2.05) is 24.3 Å². The van der Waals surface area contributed by atoms with Crippen LogP contribution in [-0.4, -0.2) is 24.6 Å². The zero-order valence-corrected chi connectivity index (χ0v) is 16.7. The standard InChI is InChI=1S/C21H21FN2O3S/c1-13(2)14-4-7-16(8-5-14)27-11-20(25)24-21-23-18(12-28-21)15-6-9-19(26-3)17(22)10-15/h4-10,12-13H,11H2,1-3H3,(H,23,24,25). The van der Waals surface area contributed by atoms with Crippen molar-refractivity contribution in [3.63, 3.8) is 0 Å². The lowest BCUT2D eigenvalue weighted by Gasteiger charge is -2.08. The Hall–Kier alpha value is -2.93. The Bertz CT molecular complexity index is 955. The first kappa shape index (κ1) is 19.8. The summed E-state index contributed by atoms with van der Waals surface area (Å²) in [6, 6.07) is 12.3. The molecule has 1 aromatic heterocycles. The Labute approximate surface area is 167 Å². The van der Waals surface area contributed by atoms with Crippen LogP contribution in [0.1, 0.15) is 25.3 Å². The highest BCUT2D eigenvalue weighted by atomic mass is 32.1. The van der Waals surface area contributed by atoms with Crippen molar-refractivity contribution < 1.29 is 18.7 Å². The van der Waals surface area contributed by atoms with Gasteiger partial charge in [0.15, 0.2) is 23.3 Å². The molecule has 0 fully saturated rings. The van der Waals surface area contributed by atoms with E-state index in [2.05, 4.69) is 24.1 Å². The molecule has 28 heavy (non-hydrogen) atoms. The molecular formula is C21H21FN2O3S. The SMILES string of the molecule is COc1ccc(-c2csc(NC(=O)COc3ccc(C(C)C)cc3)n2)cc1F. The van der Waals surface area contributed by atoms with Crippen LogP contribution in [0.5, 0.6) is 11.5 Å². The molecule has 0 atom stereocenters. The molecule has 1 amide bonds. The first-order valence-corrected chi connectivity index (χ1v) is 9.66. The third kappa shape index (κ3) is 4.86. The number of aromatic nitrogens is 1. The molecule has 2 aromatic carbocycles. The van der Waals surface area contributed by atoms with Crippen LogP contribution in [0.3, 0.4) is 0 Å². The van der Waals surface area contributed by atoms with Crippen LogP contribution in [-0.2, 0) is 4.79 Å². The first-order chi connectivity index (χ1) is 13.5. The van der Waals surface area contributed by atoms with Gasteiger partial charge in [-0.15, -0.1) is 11.3 Å². The van der Waals surface area contributed by atoms with Crippen LogP contribution in [0, 0.1) is 5.82 Å². The maximum atomic E-state index is 13.8. The van der Waals surface area contributed by atoms with Crippen LogP contribution in [0.25, 0.3) is 11.3 Å². The number of hydrogen-bond acceptors (Lipinski definition) is 5. The number of thiazole rings is 1. The second kappa shape index (κ2) is 8.84. The van der Waals surface area contributed by atoms with E-state index in [4.69, 9.17) is 9.47 Å². The first-order valence-electron chi connectivity index (χ1n) is 8.78. The van der Waals surface area contributed by atoms with Crippen molar-refractivity contribution >= 4 is 22.4 Å². The third-order valence-corrected chi connectivity index (χ3v) is 4.87. The van der Waals surface area contributed by atoms with Gasteiger partial charge in [-0.25, -0.2) is 9.37 Å². The number of hydrogen-bond donors (Lipinski definition) is 1. The van der Waals surface area contributed by atoms with Gasteiger partial charge in [0.1, 0.15) is 5.75 Å². The summed E-state index contributed by atoms with van der Waals surface area (Å²) in [4.78, 5) is 16.4. The number of halogens is 1. The molecule has 1 heterocycles. The quantitative estimate of drug-likeness (QED) is 0.599. The number of carbonyl (C=O) groups is 1. The summed E-state index contributed by atoms with van der Waals surface area (Å²) in [5.41, 5.74) is 2.39. The van der Waals surface area contributed by atoms with Crippen molar-refractivity contribution in [2.24, 2.45) is 0 Å². The normalized spacial score (nSPS) is 10.8. The van der Waals surface area contributed by atoms with Crippen LogP contribution < -0.4 is 14.8 Å². The van der Waals surface area contributed by atoms with Gasteiger partial charge in [-0.1, -0.05) is 26.0 Å². The van der Waals surface area contributed by atoms with Crippen molar-refractivity contribution in [1.29, 1.82) is 0 Å². The summed E-state index contributed by atoms with van der Waals surface area (Å²) in [5.74, 6) is 0.472. The van der Waals surface area contributed by atoms with Gasteiger partial charge in [0.05, 0.1) is 12.8 Å². The molecule has 0 saturated carbocycles. The lowest BCUT2D eigenvalue weighted by Crippen LogP contribution is -2.20. The van der Waals surface area contributed by atoms with E-state index in [0.717, 1.165) is 0 Å². The molecule has 0 saturated heterocycles. The van der Waals surface area contributed by atoms with Crippen LogP contribution in [0.4, 0.5) is 9.52 Å². The summed E-state index contributed by atoms with van der Waals surface area (Å²) >= 11 is 1.26. The molecule has 7 heteroatoms. The lowest BCUT2D eigenvalue weighted by atomic mass is 10.0. The number of carbonyl (C=O) groups excluding carboxylic acids is 1. The van der Waals surface area contributed by atoms with E-state index in [1.54, 1.807) is 17.5 Å². The average Bonchev–Trinajstić information content (AvgIpc) is 3.15. The summed E-state index contributed by atoms with van der Waals surface area (Å²) in [7, 11) is 1.41. The molecule has 0 unspecified atom stereocenters. The van der Waals surface area contributed by atoms with Crippen LogP contribution >= 0.6 is 11.3 Å². The minimum absolute atomic E-state index is 0.118. The number of anilines is 1. The topological polar surface area (TPSA) is 60.5 Å². The van der Waals surface area contributed by atoms with Gasteiger partial charge in [0, 0.05) is 10.9 Å². The third-order valence-electron chi connectivity index (χ3n) is 4.11. The number of ether oxygens (including phenoxy) is 2. The van der Waals surface area contributed by atoms with Crippen molar-refractivity contribution in [3.8, 4) is 22.8 Å². The number of benzene rings is 2. The van der Waals surface area contributed by atoms with Gasteiger partial charge in [-0.3, -0.25) is 10.1 Å². The fraction of sp³-hybridized carbons (Fsp3) is 0.238. The number of nitrogens with zero attached hydrogens (tertiary/aromatic N) is 1. The highest BCUT2D eigenvalue weighted by Crippen LogP contribution is 2.28. The largest absolute Gasteiger partial charge is 0.494 e. The van der Waals surface area contributed by atoms with Gasteiger partial charge >= 0.3 is 0 Å². The van der Waals surface area contributed by atoms with Gasteiger partial charge in [-0.05, 0) is 41.8 Å². The summed E-state index contributed by atoms with van der Waals surface area (Å²) in [5, 5.41) is 4.87. The Balaban J connectivity index is 1.57. The minimum atomic E-state index is -0.463. The smallest absolute Gasteiger partial charge is 0.264 e. The van der Waals surface area contributed by atoms with Crippen molar-refractivity contribution in [2.75, 3.05) is 19.0 Å². The molecule has 5 nitrogen and oxygen atoms in total. The molecule has 0 bridgehead atoms. The Morgan fingerprint density at radius 3 is 2.61 bits per heavy atom. The van der Waals surface area contributed by atoms with Crippen LogP contribution in [0.15, 0.2) is 47.8 Å². The number of rotatable bonds is 7. The number of methoxy groups -OCH3 is 1. The fourth-order valence-electron chi connectivity index (χ4n) is 2.54. The monoisotopic (exact) mass is 400 g/mol. The molecule has 0 spiro atoms. The Morgan fingerprint density at radius 2 is 1.96 bits per heavy atom. The zero-order valence-electron chi connectivity index (χ0n) is 15.9. The van der Waals surface area contributed by atoms with Crippen molar-refractivity contribution in [3.05, 3.63) is 59.2 Å². The zero-order chi connectivity index (χ0) is 20.1. The Kier molecular flexibility index (Phi) is 6.26. The molecule has 3 rings (SSSR count). The Morgan fingerprint density at radius 1 is 1.21 bits per heavy atom. The van der Waals surface area contributed by atoms with Gasteiger partial charge in [-0.2, -0.15) is 0 Å². The molecule has 0 aliphatic carbocycles.